The molecule has 9 rings (SSSR count). The van der Waals surface area contributed by atoms with Crippen molar-refractivity contribution in [2.45, 2.75) is 111 Å². The maximum atomic E-state index is 14.5. The van der Waals surface area contributed by atoms with Gasteiger partial charge in [0.1, 0.15) is 35.8 Å². The lowest BCUT2D eigenvalue weighted by molar-refractivity contribution is -0.164. The molecule has 1 saturated carbocycles. The minimum absolute atomic E-state index is 0.0589. The number of nitriles is 1. The van der Waals surface area contributed by atoms with Crippen LogP contribution < -0.4 is 25.6 Å². The number of nitrogens with one attached hydrogen (secondary N) is 3. The van der Waals surface area contributed by atoms with Crippen LogP contribution >= 0.6 is 22.9 Å². The number of amides is 3. The average molecular weight is 1020 g/mol. The van der Waals surface area contributed by atoms with Crippen molar-refractivity contribution in [1.82, 2.24) is 35.3 Å². The number of β-amino-alcohol motifs (C(OH)–C–C–N with tert-alkyl or cyclic N) is 1. The first-order chi connectivity index (χ1) is 34.8. The van der Waals surface area contributed by atoms with Crippen LogP contribution in [-0.2, 0) is 9.59 Å². The third kappa shape index (κ3) is 10.4. The molecule has 2 aliphatic heterocycles. The summed E-state index contributed by atoms with van der Waals surface area (Å²) < 4.78 is 8.08. The van der Waals surface area contributed by atoms with E-state index in [1.807, 2.05) is 100 Å². The number of pyridine rings is 1. The number of aromatic nitrogens is 4. The van der Waals surface area contributed by atoms with E-state index in [1.165, 1.54) is 4.90 Å². The van der Waals surface area contributed by atoms with Gasteiger partial charge in [0.15, 0.2) is 0 Å². The Bertz CT molecular complexity index is 3020. The van der Waals surface area contributed by atoms with Crippen molar-refractivity contribution < 1.29 is 24.2 Å². The molecule has 73 heavy (non-hydrogen) atoms. The zero-order chi connectivity index (χ0) is 51.9. The Hall–Kier alpha value is -6.80. The predicted molar refractivity (Wildman–Crippen MR) is 284 cm³/mol. The number of carbonyl (C=O) groups is 3. The molecular formula is C56H63ClN10O5S. The smallest absolute Gasteiger partial charge is 0.251 e. The van der Waals surface area contributed by atoms with E-state index in [2.05, 4.69) is 59.6 Å². The Morgan fingerprint density at radius 2 is 1.67 bits per heavy atom. The van der Waals surface area contributed by atoms with Crippen molar-refractivity contribution in [3.63, 3.8) is 0 Å². The van der Waals surface area contributed by atoms with Crippen molar-refractivity contribution in [3.05, 3.63) is 130 Å². The van der Waals surface area contributed by atoms with Crippen LogP contribution in [0.4, 0.5) is 11.5 Å². The molecule has 0 spiro atoms. The Balaban J connectivity index is 0.789. The van der Waals surface area contributed by atoms with Gasteiger partial charge in [0.2, 0.25) is 11.8 Å². The normalized spacial score (nSPS) is 21.8. The molecule has 3 fully saturated rings. The number of benzene rings is 3. The second-order valence-corrected chi connectivity index (χ2v) is 22.5. The first kappa shape index (κ1) is 51.1. The highest BCUT2D eigenvalue weighted by molar-refractivity contribution is 7.13. The standard InChI is InChI=1S/C56H63ClN10O5S/c1-32(2)48(52(71)66-30-43(68)24-46(66)51(70)62-33(3)35-9-11-36(12-10-35)49-34(4)60-31-73-49)67-28-40(27-61-67)38-19-21-59-47(23-38)65-22-20-42(29-65)63-41-16-13-37(14-17-41)50(69)64-53-55(5,6)54(56(53,7)8)72-44-18-15-39(26-58)45(57)25-44/h9-19,21,23,25,27-28,31-33,42-43,46,48,53-54,63,68H,20,22,24,29-30H2,1-8H3,(H,62,70)(H,64,69)/t33-,42+,43+,46-,48-,53?,54?/m0/s1. The van der Waals surface area contributed by atoms with Gasteiger partial charge in [-0.05, 0) is 91.4 Å². The Morgan fingerprint density at radius 3 is 2.34 bits per heavy atom. The lowest BCUT2D eigenvalue weighted by Gasteiger charge is -2.63. The van der Waals surface area contributed by atoms with Gasteiger partial charge in [-0.15, -0.1) is 11.3 Å². The molecule has 17 heteroatoms. The average Bonchev–Trinajstić information content (AvgIpc) is 4.21. The van der Waals surface area contributed by atoms with Crippen LogP contribution in [0.15, 0.2) is 103 Å². The topological polar surface area (TPSA) is 191 Å². The molecule has 380 valence electrons. The van der Waals surface area contributed by atoms with Crippen LogP contribution in [0.25, 0.3) is 21.6 Å². The lowest BCUT2D eigenvalue weighted by Crippen LogP contribution is -2.74. The molecule has 5 heterocycles. The van der Waals surface area contributed by atoms with Gasteiger partial charge in [0, 0.05) is 84.2 Å². The third-order valence-electron chi connectivity index (χ3n) is 15.0. The number of aliphatic hydroxyl groups excluding tert-OH is 1. The van der Waals surface area contributed by atoms with E-state index in [4.69, 9.17) is 26.4 Å². The molecule has 3 amide bonds. The molecule has 3 aromatic carbocycles. The maximum Gasteiger partial charge on any atom is 0.251 e. The summed E-state index contributed by atoms with van der Waals surface area (Å²) in [6, 6.07) is 24.9. The van der Waals surface area contributed by atoms with Crippen molar-refractivity contribution in [2.24, 2.45) is 16.7 Å². The van der Waals surface area contributed by atoms with E-state index in [0.717, 1.165) is 63.8 Å². The number of ether oxygens (including phenoxy) is 1. The van der Waals surface area contributed by atoms with Gasteiger partial charge in [0.25, 0.3) is 5.91 Å². The number of thiazole rings is 1. The van der Waals surface area contributed by atoms with E-state index < -0.39 is 18.2 Å². The van der Waals surface area contributed by atoms with Crippen molar-refractivity contribution >= 4 is 52.2 Å². The van der Waals surface area contributed by atoms with Gasteiger partial charge in [0.05, 0.1) is 45.0 Å². The summed E-state index contributed by atoms with van der Waals surface area (Å²) in [6.07, 6.45) is 5.41. The van der Waals surface area contributed by atoms with Gasteiger partial charge < -0.3 is 35.6 Å². The largest absolute Gasteiger partial charge is 0.489 e. The summed E-state index contributed by atoms with van der Waals surface area (Å²) >= 11 is 7.87. The number of hydrogen-bond donors (Lipinski definition) is 4. The first-order valence-electron chi connectivity index (χ1n) is 24.9. The lowest BCUT2D eigenvalue weighted by atomic mass is 9.49. The first-order valence-corrected chi connectivity index (χ1v) is 26.2. The fourth-order valence-corrected chi connectivity index (χ4v) is 12.4. The second-order valence-electron chi connectivity index (χ2n) is 21.3. The van der Waals surface area contributed by atoms with Crippen LogP contribution in [0.2, 0.25) is 5.02 Å². The van der Waals surface area contributed by atoms with Crippen LogP contribution in [0.5, 0.6) is 5.75 Å². The van der Waals surface area contributed by atoms with Crippen LogP contribution in [0.1, 0.15) is 101 Å². The van der Waals surface area contributed by atoms with Gasteiger partial charge in [-0.25, -0.2) is 9.97 Å². The SMILES string of the molecule is Cc1ncsc1-c1ccc([C@H](C)NC(=O)[C@@H]2C[C@@H](O)CN2C(=O)[C@H](C(C)C)n2cc(-c3ccnc(N4CC[C@@H](Nc5ccc(C(=O)NC6C(C)(C)C(Oc7ccc(C#N)c(Cl)c7)C6(C)C)cc5)C4)c3)cn2)cc1. The van der Waals surface area contributed by atoms with Gasteiger partial charge >= 0.3 is 0 Å². The van der Waals surface area contributed by atoms with Crippen LogP contribution in [0.3, 0.4) is 0 Å². The molecule has 15 nitrogen and oxygen atoms in total. The number of likely N-dealkylation sites (tertiary alicyclic amines) is 1. The number of halogens is 1. The van der Waals surface area contributed by atoms with E-state index in [9.17, 15) is 24.8 Å². The van der Waals surface area contributed by atoms with Crippen molar-refractivity contribution in [1.29, 1.82) is 5.26 Å². The monoisotopic (exact) mass is 1020 g/mol. The molecule has 5 atom stereocenters. The van der Waals surface area contributed by atoms with E-state index >= 15 is 0 Å². The summed E-state index contributed by atoms with van der Waals surface area (Å²) in [5.74, 6) is 0.519. The number of nitrogens with zero attached hydrogens (tertiary/aromatic N) is 7. The minimum Gasteiger partial charge on any atom is -0.489 e. The molecule has 1 aliphatic carbocycles. The van der Waals surface area contributed by atoms with Gasteiger partial charge in [-0.2, -0.15) is 10.4 Å². The van der Waals surface area contributed by atoms with Crippen LogP contribution in [-0.4, -0.2) is 97.4 Å². The molecule has 3 aliphatic rings. The molecule has 4 N–H and O–H groups in total. The number of aryl methyl sites for hydroxylation is 1. The number of anilines is 2. The zero-order valence-corrected chi connectivity index (χ0v) is 44.0. The number of aliphatic hydroxyl groups is 1. The highest BCUT2D eigenvalue weighted by Crippen LogP contribution is 2.55. The Morgan fingerprint density at radius 1 is 0.932 bits per heavy atom. The third-order valence-corrected chi connectivity index (χ3v) is 16.2. The molecule has 0 unspecified atom stereocenters. The fraction of sp³-hybridized carbons (Fsp3) is 0.411. The number of hydrogen-bond acceptors (Lipinski definition) is 12. The molecular weight excluding hydrogens is 960 g/mol. The Kier molecular flexibility index (Phi) is 14.4. The summed E-state index contributed by atoms with van der Waals surface area (Å²) in [4.78, 5) is 55.9. The van der Waals surface area contributed by atoms with Crippen molar-refractivity contribution in [2.75, 3.05) is 29.9 Å². The highest BCUT2D eigenvalue weighted by atomic mass is 35.5. The molecule has 0 radical (unpaired) electrons. The summed E-state index contributed by atoms with van der Waals surface area (Å²) in [5, 5.41) is 35.1. The van der Waals surface area contributed by atoms with E-state index in [0.29, 0.717) is 21.9 Å². The minimum atomic E-state index is -0.828. The number of rotatable bonds is 15. The van der Waals surface area contributed by atoms with E-state index in [-0.39, 0.29) is 71.7 Å². The summed E-state index contributed by atoms with van der Waals surface area (Å²) in [7, 11) is 0. The molecule has 2 saturated heterocycles. The highest BCUT2D eigenvalue weighted by Gasteiger charge is 2.64. The van der Waals surface area contributed by atoms with Crippen LogP contribution in [0, 0.1) is 35.0 Å². The summed E-state index contributed by atoms with van der Waals surface area (Å²) in [5.41, 5.74) is 7.64. The Labute approximate surface area is 435 Å². The predicted octanol–water partition coefficient (Wildman–Crippen LogP) is 9.24. The molecule has 6 aromatic rings. The fourth-order valence-electron chi connectivity index (χ4n) is 11.3. The quantitative estimate of drug-likeness (QED) is 0.0767. The van der Waals surface area contributed by atoms with Crippen molar-refractivity contribution in [3.8, 4) is 33.4 Å². The zero-order valence-electron chi connectivity index (χ0n) is 42.5. The van der Waals surface area contributed by atoms with E-state index in [1.54, 1.807) is 46.6 Å². The second kappa shape index (κ2) is 20.6. The molecule has 0 bridgehead atoms. The summed E-state index contributed by atoms with van der Waals surface area (Å²) in [6.45, 7) is 17.7. The molecule has 3 aromatic heterocycles. The van der Waals surface area contributed by atoms with Gasteiger partial charge in [-0.3, -0.25) is 19.1 Å². The van der Waals surface area contributed by atoms with Gasteiger partial charge in [-0.1, -0.05) is 77.4 Å². The number of carbonyl (C=O) groups excluding carboxylic acids is 3. The maximum absolute atomic E-state index is 14.5.